The average Bonchev–Trinajstić information content (AvgIpc) is 2.72. The van der Waals surface area contributed by atoms with E-state index < -0.39 is 0 Å². The number of anilines is 1. The molecule has 0 heterocycles. The molecule has 0 saturated heterocycles. The summed E-state index contributed by atoms with van der Waals surface area (Å²) in [5, 5.41) is 2.86. The second-order valence-corrected chi connectivity index (χ2v) is 6.69. The first-order valence-corrected chi connectivity index (χ1v) is 9.40. The fourth-order valence-electron chi connectivity index (χ4n) is 2.94. The molecule has 0 bridgehead atoms. The lowest BCUT2D eigenvalue weighted by Gasteiger charge is -2.15. The third-order valence-electron chi connectivity index (χ3n) is 4.45. The number of hydrogen-bond donors (Lipinski definition) is 1. The number of nitrogens with one attached hydrogen (secondary N) is 1. The summed E-state index contributed by atoms with van der Waals surface area (Å²) in [6.07, 6.45) is 0. The second kappa shape index (κ2) is 9.64. The Morgan fingerprint density at radius 1 is 0.862 bits per heavy atom. The van der Waals surface area contributed by atoms with Crippen molar-refractivity contribution in [1.82, 2.24) is 0 Å². The van der Waals surface area contributed by atoms with Gasteiger partial charge in [0.25, 0.3) is 0 Å². The lowest BCUT2D eigenvalue weighted by atomic mass is 10.1. The molecule has 0 atom stereocenters. The van der Waals surface area contributed by atoms with Gasteiger partial charge in [-0.25, -0.2) is 0 Å². The lowest BCUT2D eigenvalue weighted by Crippen LogP contribution is -2.10. The summed E-state index contributed by atoms with van der Waals surface area (Å²) >= 11 is 0. The van der Waals surface area contributed by atoms with Crippen LogP contribution in [0.3, 0.4) is 0 Å². The fourth-order valence-corrected chi connectivity index (χ4v) is 2.94. The number of carbonyl (C=O) groups excluding carboxylic acids is 1. The molecule has 3 aromatic carbocycles. The first kappa shape index (κ1) is 20.3. The minimum absolute atomic E-state index is 0.107. The van der Waals surface area contributed by atoms with E-state index >= 15 is 0 Å². The molecule has 0 radical (unpaired) electrons. The summed E-state index contributed by atoms with van der Waals surface area (Å²) in [6.45, 7) is 4.28. The zero-order chi connectivity index (χ0) is 20.6. The van der Waals surface area contributed by atoms with Gasteiger partial charge in [-0.2, -0.15) is 0 Å². The van der Waals surface area contributed by atoms with E-state index in [1.54, 1.807) is 7.11 Å². The SMILES string of the molecule is COc1cccc(COc2cccc(OCc3c(C)cccc3NC(C)=O)c2)c1. The van der Waals surface area contributed by atoms with E-state index in [1.807, 2.05) is 73.7 Å². The number of hydrogen-bond acceptors (Lipinski definition) is 4. The number of aryl methyl sites for hydroxylation is 1. The van der Waals surface area contributed by atoms with Crippen molar-refractivity contribution >= 4 is 11.6 Å². The Bertz CT molecular complexity index is 984. The summed E-state index contributed by atoms with van der Waals surface area (Å²) in [4.78, 5) is 11.4. The van der Waals surface area contributed by atoms with Crippen LogP contribution in [0.15, 0.2) is 66.7 Å². The first-order valence-electron chi connectivity index (χ1n) is 9.40. The van der Waals surface area contributed by atoms with Gasteiger partial charge in [-0.3, -0.25) is 4.79 Å². The topological polar surface area (TPSA) is 56.8 Å². The average molecular weight is 391 g/mol. The Balaban J connectivity index is 1.65. The Morgan fingerprint density at radius 3 is 2.24 bits per heavy atom. The fraction of sp³-hybridized carbons (Fsp3) is 0.208. The van der Waals surface area contributed by atoms with E-state index in [4.69, 9.17) is 14.2 Å². The van der Waals surface area contributed by atoms with Gasteiger partial charge in [-0.1, -0.05) is 30.3 Å². The summed E-state index contributed by atoms with van der Waals surface area (Å²) in [6, 6.07) is 21.1. The molecule has 0 spiro atoms. The second-order valence-electron chi connectivity index (χ2n) is 6.69. The van der Waals surface area contributed by atoms with Crippen molar-refractivity contribution in [2.45, 2.75) is 27.1 Å². The normalized spacial score (nSPS) is 10.3. The molecule has 150 valence electrons. The molecule has 0 fully saturated rings. The quantitative estimate of drug-likeness (QED) is 0.579. The van der Waals surface area contributed by atoms with Crippen LogP contribution >= 0.6 is 0 Å². The summed E-state index contributed by atoms with van der Waals surface area (Å²) < 4.78 is 17.1. The van der Waals surface area contributed by atoms with Crippen LogP contribution < -0.4 is 19.5 Å². The molecule has 3 aromatic rings. The predicted octanol–water partition coefficient (Wildman–Crippen LogP) is 5.12. The molecule has 1 amide bonds. The third kappa shape index (κ3) is 5.75. The predicted molar refractivity (Wildman–Crippen MR) is 114 cm³/mol. The Hall–Kier alpha value is -3.47. The first-order chi connectivity index (χ1) is 14.0. The molecular weight excluding hydrogens is 366 g/mol. The molecule has 0 unspecified atom stereocenters. The monoisotopic (exact) mass is 391 g/mol. The minimum Gasteiger partial charge on any atom is -0.497 e. The molecule has 0 saturated carbocycles. The Kier molecular flexibility index (Phi) is 6.74. The van der Waals surface area contributed by atoms with Gasteiger partial charge in [0.15, 0.2) is 0 Å². The van der Waals surface area contributed by atoms with Crippen LogP contribution in [0, 0.1) is 6.92 Å². The van der Waals surface area contributed by atoms with Gasteiger partial charge >= 0.3 is 0 Å². The maximum Gasteiger partial charge on any atom is 0.221 e. The number of carbonyl (C=O) groups is 1. The van der Waals surface area contributed by atoms with Crippen LogP contribution in [0.4, 0.5) is 5.69 Å². The minimum atomic E-state index is -0.107. The highest BCUT2D eigenvalue weighted by Gasteiger charge is 2.08. The maximum absolute atomic E-state index is 11.4. The van der Waals surface area contributed by atoms with Crippen molar-refractivity contribution in [2.75, 3.05) is 12.4 Å². The van der Waals surface area contributed by atoms with Crippen LogP contribution in [0.1, 0.15) is 23.6 Å². The highest BCUT2D eigenvalue weighted by Crippen LogP contribution is 2.25. The van der Waals surface area contributed by atoms with Gasteiger partial charge < -0.3 is 19.5 Å². The number of ether oxygens (including phenoxy) is 3. The van der Waals surface area contributed by atoms with Crippen LogP contribution in [0.2, 0.25) is 0 Å². The van der Waals surface area contributed by atoms with Gasteiger partial charge in [0.05, 0.1) is 7.11 Å². The molecule has 3 rings (SSSR count). The van der Waals surface area contributed by atoms with Gasteiger partial charge in [-0.15, -0.1) is 0 Å². The third-order valence-corrected chi connectivity index (χ3v) is 4.45. The van der Waals surface area contributed by atoms with E-state index in [9.17, 15) is 4.79 Å². The largest absolute Gasteiger partial charge is 0.497 e. The van der Waals surface area contributed by atoms with Crippen molar-refractivity contribution < 1.29 is 19.0 Å². The smallest absolute Gasteiger partial charge is 0.221 e. The van der Waals surface area contributed by atoms with E-state index in [2.05, 4.69) is 5.32 Å². The van der Waals surface area contributed by atoms with E-state index in [0.717, 1.165) is 33.9 Å². The van der Waals surface area contributed by atoms with E-state index in [1.165, 1.54) is 6.92 Å². The molecule has 1 N–H and O–H groups in total. The van der Waals surface area contributed by atoms with E-state index in [-0.39, 0.29) is 5.91 Å². The van der Waals surface area contributed by atoms with Crippen molar-refractivity contribution in [3.63, 3.8) is 0 Å². The summed E-state index contributed by atoms with van der Waals surface area (Å²) in [5.74, 6) is 2.11. The lowest BCUT2D eigenvalue weighted by molar-refractivity contribution is -0.114. The van der Waals surface area contributed by atoms with Gasteiger partial charge in [0.1, 0.15) is 30.5 Å². The molecule has 0 aromatic heterocycles. The van der Waals surface area contributed by atoms with Crippen molar-refractivity contribution in [2.24, 2.45) is 0 Å². The number of methoxy groups -OCH3 is 1. The van der Waals surface area contributed by atoms with E-state index in [0.29, 0.717) is 19.0 Å². The molecule has 5 heteroatoms. The van der Waals surface area contributed by atoms with Gasteiger partial charge in [0, 0.05) is 24.2 Å². The summed E-state index contributed by atoms with van der Waals surface area (Å²) in [5.41, 5.74) is 3.80. The Morgan fingerprint density at radius 2 is 1.52 bits per heavy atom. The highest BCUT2D eigenvalue weighted by atomic mass is 16.5. The number of rotatable bonds is 8. The number of benzene rings is 3. The summed E-state index contributed by atoms with van der Waals surface area (Å²) in [7, 11) is 1.65. The van der Waals surface area contributed by atoms with Gasteiger partial charge in [-0.05, 0) is 48.4 Å². The standard InChI is InChI=1S/C24H25NO4/c1-17-7-4-12-24(25-18(2)26)23(17)16-29-22-11-6-10-21(14-22)28-15-19-8-5-9-20(13-19)27-3/h4-14H,15-16H2,1-3H3,(H,25,26). The number of amides is 1. The molecule has 0 aliphatic carbocycles. The Labute approximate surface area is 171 Å². The molecule has 29 heavy (non-hydrogen) atoms. The molecular formula is C24H25NO4. The van der Waals surface area contributed by atoms with Gasteiger partial charge in [0.2, 0.25) is 5.91 Å². The van der Waals surface area contributed by atoms with Crippen LogP contribution in [0.25, 0.3) is 0 Å². The zero-order valence-corrected chi connectivity index (χ0v) is 16.9. The van der Waals surface area contributed by atoms with Crippen molar-refractivity contribution in [3.8, 4) is 17.2 Å². The van der Waals surface area contributed by atoms with Crippen LogP contribution in [0.5, 0.6) is 17.2 Å². The molecule has 5 nitrogen and oxygen atoms in total. The van der Waals surface area contributed by atoms with Crippen LogP contribution in [-0.4, -0.2) is 13.0 Å². The maximum atomic E-state index is 11.4. The zero-order valence-electron chi connectivity index (χ0n) is 16.9. The molecule has 0 aliphatic heterocycles. The van der Waals surface area contributed by atoms with Crippen molar-refractivity contribution in [1.29, 1.82) is 0 Å². The van der Waals surface area contributed by atoms with Crippen molar-refractivity contribution in [3.05, 3.63) is 83.4 Å². The highest BCUT2D eigenvalue weighted by molar-refractivity contribution is 5.89. The van der Waals surface area contributed by atoms with Crippen LogP contribution in [-0.2, 0) is 18.0 Å². The molecule has 0 aliphatic rings.